The predicted molar refractivity (Wildman–Crippen MR) is 93.0 cm³/mol. The SMILES string of the molecule is CO[C@]1(C)CC[C@@](c2ccc(Cl)c(Cl)c2)([C@H]2CCNC2)CC1. The van der Waals surface area contributed by atoms with Crippen LogP contribution in [0.5, 0.6) is 0 Å². The van der Waals surface area contributed by atoms with Gasteiger partial charge in [0.05, 0.1) is 15.6 Å². The van der Waals surface area contributed by atoms with Crippen molar-refractivity contribution in [3.8, 4) is 0 Å². The van der Waals surface area contributed by atoms with E-state index in [-0.39, 0.29) is 11.0 Å². The fraction of sp³-hybridized carbons (Fsp3) is 0.667. The Kier molecular flexibility index (Phi) is 4.76. The number of halogens is 2. The van der Waals surface area contributed by atoms with E-state index in [0.29, 0.717) is 16.0 Å². The van der Waals surface area contributed by atoms with Gasteiger partial charge in [-0.3, -0.25) is 0 Å². The molecule has 2 aliphatic rings. The molecule has 1 saturated carbocycles. The van der Waals surface area contributed by atoms with Gasteiger partial charge in [0, 0.05) is 7.11 Å². The minimum absolute atomic E-state index is 0.0196. The van der Waals surface area contributed by atoms with Gasteiger partial charge in [-0.15, -0.1) is 0 Å². The molecule has 1 heterocycles. The molecule has 1 aromatic rings. The lowest BCUT2D eigenvalue weighted by molar-refractivity contribution is -0.0466. The quantitative estimate of drug-likeness (QED) is 0.850. The number of benzene rings is 1. The standard InChI is InChI=1S/C18H25Cl2NO/c1-17(22-2)6-8-18(9-7-17,14-5-10-21-12-14)13-3-4-15(19)16(20)11-13/h3-4,11,14,21H,5-10,12H2,1-2H3/t14-,17-,18-/m0/s1. The smallest absolute Gasteiger partial charge is 0.0651 e. The molecule has 0 unspecified atom stereocenters. The zero-order valence-electron chi connectivity index (χ0n) is 13.4. The van der Waals surface area contributed by atoms with E-state index in [1.54, 1.807) is 0 Å². The molecule has 1 aliphatic carbocycles. The average Bonchev–Trinajstić information content (AvgIpc) is 3.06. The van der Waals surface area contributed by atoms with E-state index < -0.39 is 0 Å². The van der Waals surface area contributed by atoms with Crippen LogP contribution in [0.25, 0.3) is 0 Å². The maximum atomic E-state index is 6.31. The van der Waals surface area contributed by atoms with Crippen LogP contribution in [0.3, 0.4) is 0 Å². The van der Waals surface area contributed by atoms with Crippen molar-refractivity contribution in [2.45, 2.75) is 50.0 Å². The van der Waals surface area contributed by atoms with Crippen molar-refractivity contribution in [3.63, 3.8) is 0 Å². The third-order valence-corrected chi connectivity index (χ3v) is 6.77. The summed E-state index contributed by atoms with van der Waals surface area (Å²) in [7, 11) is 1.84. The summed E-state index contributed by atoms with van der Waals surface area (Å²) in [5.74, 6) is 0.672. The molecular weight excluding hydrogens is 317 g/mol. The fourth-order valence-corrected chi connectivity index (χ4v) is 4.59. The molecule has 1 atom stereocenters. The highest BCUT2D eigenvalue weighted by Gasteiger charge is 2.47. The molecule has 0 aromatic heterocycles. The highest BCUT2D eigenvalue weighted by atomic mass is 35.5. The minimum Gasteiger partial charge on any atom is -0.379 e. The Balaban J connectivity index is 1.95. The summed E-state index contributed by atoms with van der Waals surface area (Å²) in [6, 6.07) is 6.23. The zero-order chi connectivity index (χ0) is 15.8. The average molecular weight is 342 g/mol. The summed E-state index contributed by atoms with van der Waals surface area (Å²) in [4.78, 5) is 0. The molecule has 22 heavy (non-hydrogen) atoms. The summed E-state index contributed by atoms with van der Waals surface area (Å²) in [6.45, 7) is 4.46. The van der Waals surface area contributed by atoms with E-state index in [1.165, 1.54) is 12.0 Å². The molecule has 4 heteroatoms. The van der Waals surface area contributed by atoms with Gasteiger partial charge >= 0.3 is 0 Å². The number of hydrogen-bond donors (Lipinski definition) is 1. The minimum atomic E-state index is 0.0196. The number of ether oxygens (including phenoxy) is 1. The molecule has 2 nitrogen and oxygen atoms in total. The van der Waals surface area contributed by atoms with Crippen molar-refractivity contribution >= 4 is 23.2 Å². The van der Waals surface area contributed by atoms with Crippen molar-refractivity contribution in [2.75, 3.05) is 20.2 Å². The Morgan fingerprint density at radius 3 is 2.41 bits per heavy atom. The molecule has 1 aromatic carbocycles. The second-order valence-corrected chi connectivity index (χ2v) is 7.94. The number of methoxy groups -OCH3 is 1. The van der Waals surface area contributed by atoms with E-state index in [4.69, 9.17) is 27.9 Å². The molecule has 0 radical (unpaired) electrons. The second-order valence-electron chi connectivity index (χ2n) is 7.13. The van der Waals surface area contributed by atoms with Crippen LogP contribution < -0.4 is 5.32 Å². The van der Waals surface area contributed by atoms with Gasteiger partial charge in [-0.2, -0.15) is 0 Å². The highest BCUT2D eigenvalue weighted by Crippen LogP contribution is 2.51. The van der Waals surface area contributed by atoms with Crippen LogP contribution in [0.4, 0.5) is 0 Å². The molecule has 1 saturated heterocycles. The summed E-state index contributed by atoms with van der Waals surface area (Å²) in [6.07, 6.45) is 5.74. The van der Waals surface area contributed by atoms with Crippen molar-refractivity contribution in [3.05, 3.63) is 33.8 Å². The van der Waals surface area contributed by atoms with Crippen molar-refractivity contribution < 1.29 is 4.74 Å². The molecular formula is C18H25Cl2NO. The normalized spacial score (nSPS) is 35.7. The van der Waals surface area contributed by atoms with E-state index in [0.717, 1.165) is 38.8 Å². The van der Waals surface area contributed by atoms with Crippen LogP contribution in [0.15, 0.2) is 18.2 Å². The Morgan fingerprint density at radius 1 is 1.14 bits per heavy atom. The second kappa shape index (κ2) is 6.32. The van der Waals surface area contributed by atoms with Gasteiger partial charge in [0.1, 0.15) is 0 Å². The number of hydrogen-bond acceptors (Lipinski definition) is 2. The van der Waals surface area contributed by atoms with Gasteiger partial charge in [-0.25, -0.2) is 0 Å². The lowest BCUT2D eigenvalue weighted by Crippen LogP contribution is -2.45. The van der Waals surface area contributed by atoms with E-state index in [1.807, 2.05) is 13.2 Å². The molecule has 0 bridgehead atoms. The highest BCUT2D eigenvalue weighted by molar-refractivity contribution is 6.42. The van der Waals surface area contributed by atoms with Crippen molar-refractivity contribution in [2.24, 2.45) is 5.92 Å². The third-order valence-electron chi connectivity index (χ3n) is 6.03. The van der Waals surface area contributed by atoms with Gasteiger partial charge < -0.3 is 10.1 Å². The van der Waals surface area contributed by atoms with Crippen molar-refractivity contribution in [1.82, 2.24) is 5.32 Å². The molecule has 0 spiro atoms. The maximum Gasteiger partial charge on any atom is 0.0651 e. The molecule has 122 valence electrons. The van der Waals surface area contributed by atoms with Gasteiger partial charge in [-0.05, 0) is 81.1 Å². The van der Waals surface area contributed by atoms with Crippen LogP contribution in [0, 0.1) is 5.92 Å². The van der Waals surface area contributed by atoms with E-state index in [9.17, 15) is 0 Å². The maximum absolute atomic E-state index is 6.31. The molecule has 2 fully saturated rings. The van der Waals surface area contributed by atoms with Crippen LogP contribution in [0.2, 0.25) is 10.0 Å². The van der Waals surface area contributed by atoms with E-state index >= 15 is 0 Å². The van der Waals surface area contributed by atoms with Crippen molar-refractivity contribution in [1.29, 1.82) is 0 Å². The summed E-state index contributed by atoms with van der Waals surface area (Å²) < 4.78 is 5.75. The van der Waals surface area contributed by atoms with Crippen LogP contribution >= 0.6 is 23.2 Å². The molecule has 3 rings (SSSR count). The number of nitrogens with one attached hydrogen (secondary N) is 1. The van der Waals surface area contributed by atoms with Gasteiger partial charge in [0.25, 0.3) is 0 Å². The van der Waals surface area contributed by atoms with Crippen LogP contribution in [-0.4, -0.2) is 25.8 Å². The summed E-state index contributed by atoms with van der Waals surface area (Å²) in [5, 5.41) is 4.85. The van der Waals surface area contributed by atoms with Gasteiger partial charge in [0.2, 0.25) is 0 Å². The topological polar surface area (TPSA) is 21.3 Å². The molecule has 0 amide bonds. The Morgan fingerprint density at radius 2 is 1.86 bits per heavy atom. The Labute approximate surface area is 143 Å². The predicted octanol–water partition coefficient (Wildman–Crippen LogP) is 4.82. The lowest BCUT2D eigenvalue weighted by atomic mass is 9.59. The first-order valence-electron chi connectivity index (χ1n) is 8.20. The largest absolute Gasteiger partial charge is 0.379 e. The number of rotatable bonds is 3. The van der Waals surface area contributed by atoms with Gasteiger partial charge in [0.15, 0.2) is 0 Å². The van der Waals surface area contributed by atoms with E-state index in [2.05, 4.69) is 24.4 Å². The third kappa shape index (κ3) is 2.91. The molecule has 1 aliphatic heterocycles. The summed E-state index contributed by atoms with van der Waals surface area (Å²) >= 11 is 12.4. The fourth-order valence-electron chi connectivity index (χ4n) is 4.29. The summed E-state index contributed by atoms with van der Waals surface area (Å²) in [5.41, 5.74) is 1.58. The Hall–Kier alpha value is -0.280. The monoisotopic (exact) mass is 341 g/mol. The first kappa shape index (κ1) is 16.6. The zero-order valence-corrected chi connectivity index (χ0v) is 14.9. The van der Waals surface area contributed by atoms with Crippen LogP contribution in [-0.2, 0) is 10.2 Å². The first-order valence-corrected chi connectivity index (χ1v) is 8.96. The first-order chi connectivity index (χ1) is 10.5. The Bertz CT molecular complexity index is 532. The lowest BCUT2D eigenvalue weighted by Gasteiger charge is -2.48. The van der Waals surface area contributed by atoms with Gasteiger partial charge in [-0.1, -0.05) is 29.3 Å². The molecule has 1 N–H and O–H groups in total. The van der Waals surface area contributed by atoms with Crippen LogP contribution in [0.1, 0.15) is 44.6 Å².